The maximum absolute atomic E-state index is 11.7. The van der Waals surface area contributed by atoms with Gasteiger partial charge in [-0.2, -0.15) is 0 Å². The Morgan fingerprint density at radius 3 is 2.53 bits per heavy atom. The summed E-state index contributed by atoms with van der Waals surface area (Å²) in [4.78, 5) is 26.2. The van der Waals surface area contributed by atoms with Crippen LogP contribution in [0, 0.1) is 0 Å². The Morgan fingerprint density at radius 2 is 2.13 bits per heavy atom. The molecule has 5 N–H and O–H groups in total. The molecule has 1 heterocycles. The van der Waals surface area contributed by atoms with Crippen molar-refractivity contribution in [2.24, 2.45) is 11.5 Å². The Morgan fingerprint density at radius 1 is 1.47 bits per heavy atom. The number of carboxylic acid groups (broad SMARTS) is 1. The first kappa shape index (κ1) is 11.3. The number of nitrogens with zero attached hydrogens (tertiary/aromatic N) is 1. The van der Waals surface area contributed by atoms with Crippen LogP contribution < -0.4 is 11.5 Å². The Hall–Kier alpha value is -1.79. The third kappa shape index (κ3) is 2.00. The number of Topliss-reactive ketones (excluding diaryl/α,β-unsaturated/α-hetero) is 1. The highest BCUT2D eigenvalue weighted by Gasteiger charge is 2.41. The number of nitrogens with two attached hydrogens (primary N) is 2. The van der Waals surface area contributed by atoms with Gasteiger partial charge in [-0.15, -0.1) is 0 Å². The Kier molecular flexibility index (Phi) is 3.13. The third-order valence-corrected chi connectivity index (χ3v) is 2.01. The predicted molar refractivity (Wildman–Crippen MR) is 52.2 cm³/mol. The molecule has 0 bridgehead atoms. The van der Waals surface area contributed by atoms with Crippen molar-refractivity contribution in [3.63, 3.8) is 0 Å². The highest BCUT2D eigenvalue weighted by molar-refractivity contribution is 6.15. The smallest absolute Gasteiger partial charge is 0.333 e. The van der Waals surface area contributed by atoms with Crippen molar-refractivity contribution in [3.8, 4) is 0 Å². The molecular weight excluding hydrogens is 198 g/mol. The fourth-order valence-corrected chi connectivity index (χ4v) is 1.00. The molecule has 1 rings (SSSR count). The van der Waals surface area contributed by atoms with Crippen LogP contribution in [0.3, 0.4) is 0 Å². The SMILES string of the molecule is NCC(N)(C(=O)O)C(=O)c1ccccn1. The van der Waals surface area contributed by atoms with Gasteiger partial charge in [-0.05, 0) is 12.1 Å². The normalized spacial score (nSPS) is 14.3. The van der Waals surface area contributed by atoms with E-state index in [1.807, 2.05) is 0 Å². The van der Waals surface area contributed by atoms with Crippen LogP contribution >= 0.6 is 0 Å². The standard InChI is InChI=1S/C9H11N3O3/c10-5-9(11,8(14)15)7(13)6-3-1-2-4-12-6/h1-4H,5,10-11H2,(H,14,15). The van der Waals surface area contributed by atoms with E-state index in [1.165, 1.54) is 12.3 Å². The van der Waals surface area contributed by atoms with Crippen LogP contribution in [0.5, 0.6) is 0 Å². The summed E-state index contributed by atoms with van der Waals surface area (Å²) in [6.45, 7) is -0.474. The topological polar surface area (TPSA) is 119 Å². The van der Waals surface area contributed by atoms with Crippen LogP contribution in [0.4, 0.5) is 0 Å². The van der Waals surface area contributed by atoms with E-state index < -0.39 is 23.8 Å². The molecule has 1 atom stereocenters. The number of carbonyl (C=O) groups excluding carboxylic acids is 1. The minimum Gasteiger partial charge on any atom is -0.479 e. The number of pyridine rings is 1. The number of carbonyl (C=O) groups is 2. The second-order valence-corrected chi connectivity index (χ2v) is 3.02. The summed E-state index contributed by atoms with van der Waals surface area (Å²) in [5, 5.41) is 8.81. The van der Waals surface area contributed by atoms with E-state index in [0.29, 0.717) is 0 Å². The number of carboxylic acids is 1. The number of aliphatic carboxylic acids is 1. The van der Waals surface area contributed by atoms with E-state index in [9.17, 15) is 9.59 Å². The summed E-state index contributed by atoms with van der Waals surface area (Å²) in [6, 6.07) is 4.57. The van der Waals surface area contributed by atoms with Crippen LogP contribution in [-0.4, -0.2) is 33.9 Å². The minimum atomic E-state index is -2.10. The van der Waals surface area contributed by atoms with Crippen molar-refractivity contribution in [2.45, 2.75) is 5.54 Å². The lowest BCUT2D eigenvalue weighted by molar-refractivity contribution is -0.141. The van der Waals surface area contributed by atoms with E-state index in [4.69, 9.17) is 16.6 Å². The first-order valence-corrected chi connectivity index (χ1v) is 4.20. The van der Waals surface area contributed by atoms with Gasteiger partial charge in [0, 0.05) is 12.7 Å². The largest absolute Gasteiger partial charge is 0.479 e. The van der Waals surface area contributed by atoms with Crippen LogP contribution in [0.1, 0.15) is 10.5 Å². The summed E-state index contributed by atoms with van der Waals surface area (Å²) in [7, 11) is 0. The fraction of sp³-hybridized carbons (Fsp3) is 0.222. The molecule has 6 heteroatoms. The molecule has 0 aromatic carbocycles. The van der Waals surface area contributed by atoms with Crippen molar-refractivity contribution in [3.05, 3.63) is 30.1 Å². The van der Waals surface area contributed by atoms with Gasteiger partial charge in [-0.25, -0.2) is 4.79 Å². The first-order valence-electron chi connectivity index (χ1n) is 4.20. The van der Waals surface area contributed by atoms with Crippen molar-refractivity contribution >= 4 is 11.8 Å². The van der Waals surface area contributed by atoms with E-state index in [2.05, 4.69) is 4.98 Å². The van der Waals surface area contributed by atoms with Gasteiger partial charge in [0.25, 0.3) is 0 Å². The lowest BCUT2D eigenvalue weighted by Gasteiger charge is -2.20. The lowest BCUT2D eigenvalue weighted by atomic mass is 9.93. The second kappa shape index (κ2) is 4.16. The van der Waals surface area contributed by atoms with E-state index >= 15 is 0 Å². The quantitative estimate of drug-likeness (QED) is 0.432. The molecule has 0 radical (unpaired) electrons. The zero-order valence-electron chi connectivity index (χ0n) is 7.88. The fourth-order valence-electron chi connectivity index (χ4n) is 1.00. The Balaban J connectivity index is 3.08. The lowest BCUT2D eigenvalue weighted by Crippen LogP contribution is -2.60. The molecule has 0 saturated heterocycles. The molecule has 1 unspecified atom stereocenters. The molecular formula is C9H11N3O3. The Bertz CT molecular complexity index is 379. The van der Waals surface area contributed by atoms with Gasteiger partial charge < -0.3 is 16.6 Å². The molecule has 0 saturated carbocycles. The molecule has 1 aromatic rings. The second-order valence-electron chi connectivity index (χ2n) is 3.02. The summed E-state index contributed by atoms with van der Waals surface area (Å²) >= 11 is 0. The summed E-state index contributed by atoms with van der Waals surface area (Å²) < 4.78 is 0. The molecule has 0 aliphatic heterocycles. The molecule has 80 valence electrons. The van der Waals surface area contributed by atoms with E-state index in [-0.39, 0.29) is 5.69 Å². The van der Waals surface area contributed by atoms with E-state index in [0.717, 1.165) is 0 Å². The maximum Gasteiger partial charge on any atom is 0.333 e. The zero-order valence-corrected chi connectivity index (χ0v) is 7.88. The van der Waals surface area contributed by atoms with Crippen molar-refractivity contribution in [2.75, 3.05) is 6.54 Å². The maximum atomic E-state index is 11.7. The van der Waals surface area contributed by atoms with Crippen molar-refractivity contribution in [1.82, 2.24) is 4.98 Å². The molecule has 6 nitrogen and oxygen atoms in total. The Labute approximate surface area is 85.9 Å². The van der Waals surface area contributed by atoms with Crippen molar-refractivity contribution in [1.29, 1.82) is 0 Å². The average Bonchev–Trinajstić information content (AvgIpc) is 2.28. The number of rotatable bonds is 4. The van der Waals surface area contributed by atoms with Crippen LogP contribution in [-0.2, 0) is 4.79 Å². The molecule has 0 spiro atoms. The highest BCUT2D eigenvalue weighted by Crippen LogP contribution is 2.08. The van der Waals surface area contributed by atoms with Gasteiger partial charge in [-0.1, -0.05) is 6.07 Å². The molecule has 0 fully saturated rings. The van der Waals surface area contributed by atoms with Crippen LogP contribution in [0.2, 0.25) is 0 Å². The van der Waals surface area contributed by atoms with Gasteiger partial charge in [0.15, 0.2) is 5.54 Å². The van der Waals surface area contributed by atoms with Gasteiger partial charge in [-0.3, -0.25) is 9.78 Å². The first-order chi connectivity index (χ1) is 7.02. The minimum absolute atomic E-state index is 0.00662. The molecule has 1 aromatic heterocycles. The van der Waals surface area contributed by atoms with Gasteiger partial charge >= 0.3 is 5.97 Å². The molecule has 15 heavy (non-hydrogen) atoms. The van der Waals surface area contributed by atoms with Gasteiger partial charge in [0.05, 0.1) is 0 Å². The monoisotopic (exact) mass is 209 g/mol. The number of hydrogen-bond acceptors (Lipinski definition) is 5. The molecule has 0 aliphatic carbocycles. The zero-order chi connectivity index (χ0) is 11.5. The average molecular weight is 209 g/mol. The van der Waals surface area contributed by atoms with E-state index in [1.54, 1.807) is 12.1 Å². The van der Waals surface area contributed by atoms with Gasteiger partial charge in [0.1, 0.15) is 5.69 Å². The highest BCUT2D eigenvalue weighted by atomic mass is 16.4. The van der Waals surface area contributed by atoms with Crippen LogP contribution in [0.25, 0.3) is 0 Å². The third-order valence-electron chi connectivity index (χ3n) is 2.01. The van der Waals surface area contributed by atoms with Crippen LogP contribution in [0.15, 0.2) is 24.4 Å². The number of ketones is 1. The van der Waals surface area contributed by atoms with Crippen molar-refractivity contribution < 1.29 is 14.7 Å². The summed E-state index contributed by atoms with van der Waals surface area (Å²) in [5.74, 6) is -2.25. The summed E-state index contributed by atoms with van der Waals surface area (Å²) in [6.07, 6.45) is 1.38. The predicted octanol–water partition coefficient (Wildman–Crippen LogP) is -0.995. The molecule has 0 amide bonds. The van der Waals surface area contributed by atoms with Gasteiger partial charge in [0.2, 0.25) is 5.78 Å². The summed E-state index contributed by atoms with van der Waals surface area (Å²) in [5.41, 5.74) is 8.48. The molecule has 0 aliphatic rings. The number of aromatic nitrogens is 1. The number of hydrogen-bond donors (Lipinski definition) is 3.